The zero-order chi connectivity index (χ0) is 17.1. The molecule has 0 radical (unpaired) electrons. The molecular formula is C18H14Cl2N2OS. The van der Waals surface area contributed by atoms with E-state index in [1.807, 2.05) is 31.2 Å². The van der Waals surface area contributed by atoms with Crippen LogP contribution in [0, 0.1) is 6.92 Å². The highest BCUT2D eigenvalue weighted by Crippen LogP contribution is 2.26. The van der Waals surface area contributed by atoms with Crippen molar-refractivity contribution in [2.75, 3.05) is 5.32 Å². The highest BCUT2D eigenvalue weighted by molar-refractivity contribution is 7.15. The summed E-state index contributed by atoms with van der Waals surface area (Å²) in [7, 11) is 0. The number of hydrogen-bond donors (Lipinski definition) is 1. The summed E-state index contributed by atoms with van der Waals surface area (Å²) in [4.78, 5) is 17.5. The predicted octanol–water partition coefficient (Wildman–Crippen LogP) is 5.60. The summed E-state index contributed by atoms with van der Waals surface area (Å²) in [6.07, 6.45) is 2.45. The molecule has 0 aliphatic rings. The van der Waals surface area contributed by atoms with Crippen molar-refractivity contribution in [1.82, 2.24) is 4.98 Å². The lowest BCUT2D eigenvalue weighted by atomic mass is 10.1. The third-order valence-electron chi connectivity index (χ3n) is 3.45. The lowest BCUT2D eigenvalue weighted by Gasteiger charge is -2.02. The van der Waals surface area contributed by atoms with Gasteiger partial charge in [0.05, 0.1) is 10.0 Å². The van der Waals surface area contributed by atoms with E-state index in [1.165, 1.54) is 11.3 Å². The van der Waals surface area contributed by atoms with E-state index in [0.717, 1.165) is 16.0 Å². The van der Waals surface area contributed by atoms with Gasteiger partial charge in [-0.25, -0.2) is 4.98 Å². The molecule has 24 heavy (non-hydrogen) atoms. The molecule has 2 aromatic carbocycles. The zero-order valence-corrected chi connectivity index (χ0v) is 15.2. The van der Waals surface area contributed by atoms with Crippen molar-refractivity contribution in [2.45, 2.75) is 13.3 Å². The monoisotopic (exact) mass is 376 g/mol. The summed E-state index contributed by atoms with van der Waals surface area (Å²) in [6, 6.07) is 13.0. The maximum absolute atomic E-state index is 12.2. The average molecular weight is 377 g/mol. The Morgan fingerprint density at radius 2 is 1.88 bits per heavy atom. The van der Waals surface area contributed by atoms with Gasteiger partial charge >= 0.3 is 0 Å². The van der Waals surface area contributed by atoms with Gasteiger partial charge in [0.2, 0.25) is 0 Å². The summed E-state index contributed by atoms with van der Waals surface area (Å²) in [5.41, 5.74) is 2.77. The van der Waals surface area contributed by atoms with Crippen LogP contribution in [0.3, 0.4) is 0 Å². The van der Waals surface area contributed by atoms with Gasteiger partial charge in [0.15, 0.2) is 5.13 Å². The standard InChI is InChI=1S/C18H14Cl2N2OS/c1-11-2-5-13(6-3-11)17(23)22-18-21-10-14(24-18)8-12-4-7-15(19)16(20)9-12/h2-7,9-10H,8H2,1H3,(H,21,22,23). The first kappa shape index (κ1) is 17.0. The summed E-state index contributed by atoms with van der Waals surface area (Å²) in [6.45, 7) is 1.98. The van der Waals surface area contributed by atoms with E-state index in [4.69, 9.17) is 23.2 Å². The highest BCUT2D eigenvalue weighted by Gasteiger charge is 2.10. The Morgan fingerprint density at radius 1 is 1.12 bits per heavy atom. The second kappa shape index (κ2) is 7.34. The first-order valence-electron chi connectivity index (χ1n) is 7.28. The van der Waals surface area contributed by atoms with E-state index in [0.29, 0.717) is 27.2 Å². The number of benzene rings is 2. The van der Waals surface area contributed by atoms with Crippen LogP contribution in [0.15, 0.2) is 48.7 Å². The summed E-state index contributed by atoms with van der Waals surface area (Å²) in [5, 5.41) is 4.48. The molecule has 0 saturated carbocycles. The van der Waals surface area contributed by atoms with E-state index in [9.17, 15) is 4.79 Å². The minimum atomic E-state index is -0.162. The van der Waals surface area contributed by atoms with Crippen molar-refractivity contribution in [1.29, 1.82) is 0 Å². The lowest BCUT2D eigenvalue weighted by Crippen LogP contribution is -2.11. The third kappa shape index (κ3) is 4.15. The van der Waals surface area contributed by atoms with Crippen LogP contribution in [0.2, 0.25) is 10.0 Å². The van der Waals surface area contributed by atoms with E-state index in [-0.39, 0.29) is 5.91 Å². The number of aromatic nitrogens is 1. The Balaban J connectivity index is 1.67. The van der Waals surface area contributed by atoms with Gasteiger partial charge in [-0.2, -0.15) is 0 Å². The van der Waals surface area contributed by atoms with Crippen LogP contribution in [-0.2, 0) is 6.42 Å². The van der Waals surface area contributed by atoms with Crippen LogP contribution < -0.4 is 5.32 Å². The first-order valence-corrected chi connectivity index (χ1v) is 8.85. The minimum absolute atomic E-state index is 0.162. The third-order valence-corrected chi connectivity index (χ3v) is 5.10. The maximum Gasteiger partial charge on any atom is 0.257 e. The molecule has 3 rings (SSSR count). The van der Waals surface area contributed by atoms with Gasteiger partial charge in [-0.3, -0.25) is 10.1 Å². The summed E-state index contributed by atoms with van der Waals surface area (Å²) < 4.78 is 0. The summed E-state index contributed by atoms with van der Waals surface area (Å²) in [5.74, 6) is -0.162. The van der Waals surface area contributed by atoms with Gasteiger partial charge in [-0.05, 0) is 36.8 Å². The van der Waals surface area contributed by atoms with Crippen molar-refractivity contribution in [3.63, 3.8) is 0 Å². The molecule has 0 bridgehead atoms. The molecule has 0 atom stereocenters. The Morgan fingerprint density at radius 3 is 2.58 bits per heavy atom. The molecule has 0 fully saturated rings. The highest BCUT2D eigenvalue weighted by atomic mass is 35.5. The van der Waals surface area contributed by atoms with Gasteiger partial charge in [-0.15, -0.1) is 11.3 Å². The molecule has 122 valence electrons. The fourth-order valence-electron chi connectivity index (χ4n) is 2.17. The molecule has 3 nitrogen and oxygen atoms in total. The number of thiazole rings is 1. The van der Waals surface area contributed by atoms with E-state index in [2.05, 4.69) is 10.3 Å². The molecule has 1 aromatic heterocycles. The van der Waals surface area contributed by atoms with Gasteiger partial charge in [0, 0.05) is 23.1 Å². The maximum atomic E-state index is 12.2. The fraction of sp³-hybridized carbons (Fsp3) is 0.111. The van der Waals surface area contributed by atoms with Crippen molar-refractivity contribution >= 4 is 45.6 Å². The van der Waals surface area contributed by atoms with Crippen molar-refractivity contribution in [3.05, 3.63) is 80.3 Å². The molecule has 0 spiro atoms. The van der Waals surface area contributed by atoms with E-state index in [1.54, 1.807) is 24.4 Å². The molecule has 1 N–H and O–H groups in total. The van der Waals surface area contributed by atoms with Crippen LogP contribution >= 0.6 is 34.5 Å². The second-order valence-corrected chi connectivity index (χ2v) is 7.31. The first-order chi connectivity index (χ1) is 11.5. The smallest absolute Gasteiger partial charge is 0.257 e. The molecule has 6 heteroatoms. The number of carbonyl (C=O) groups excluding carboxylic acids is 1. The largest absolute Gasteiger partial charge is 0.298 e. The number of anilines is 1. The SMILES string of the molecule is Cc1ccc(C(=O)Nc2ncc(Cc3ccc(Cl)c(Cl)c3)s2)cc1. The Kier molecular flexibility index (Phi) is 5.19. The quantitative estimate of drug-likeness (QED) is 0.643. The number of rotatable bonds is 4. The average Bonchev–Trinajstić information content (AvgIpc) is 2.98. The predicted molar refractivity (Wildman–Crippen MR) is 101 cm³/mol. The Bertz CT molecular complexity index is 875. The normalized spacial score (nSPS) is 10.6. The number of halogens is 2. The number of nitrogens with one attached hydrogen (secondary N) is 1. The number of carbonyl (C=O) groups is 1. The van der Waals surface area contributed by atoms with Crippen molar-refractivity contribution in [2.24, 2.45) is 0 Å². The second-order valence-electron chi connectivity index (χ2n) is 5.38. The molecule has 1 heterocycles. The molecule has 0 aliphatic carbocycles. The van der Waals surface area contributed by atoms with Crippen LogP contribution in [0.25, 0.3) is 0 Å². The summed E-state index contributed by atoms with van der Waals surface area (Å²) >= 11 is 13.4. The van der Waals surface area contributed by atoms with Crippen LogP contribution in [0.1, 0.15) is 26.4 Å². The Hall–Kier alpha value is -1.88. The Labute approximate surface area is 154 Å². The molecule has 3 aromatic rings. The van der Waals surface area contributed by atoms with E-state index >= 15 is 0 Å². The molecule has 0 aliphatic heterocycles. The fourth-order valence-corrected chi connectivity index (χ4v) is 3.33. The molecule has 0 saturated heterocycles. The van der Waals surface area contributed by atoms with Crippen LogP contribution in [0.5, 0.6) is 0 Å². The van der Waals surface area contributed by atoms with Crippen molar-refractivity contribution < 1.29 is 4.79 Å². The zero-order valence-electron chi connectivity index (χ0n) is 12.8. The topological polar surface area (TPSA) is 42.0 Å². The van der Waals surface area contributed by atoms with Gasteiger partial charge in [0.1, 0.15) is 0 Å². The number of amides is 1. The lowest BCUT2D eigenvalue weighted by molar-refractivity contribution is 0.102. The van der Waals surface area contributed by atoms with Gasteiger partial charge in [-0.1, -0.05) is 47.0 Å². The number of nitrogens with zero attached hydrogens (tertiary/aromatic N) is 1. The minimum Gasteiger partial charge on any atom is -0.298 e. The van der Waals surface area contributed by atoms with Gasteiger partial charge in [0.25, 0.3) is 5.91 Å². The van der Waals surface area contributed by atoms with Crippen molar-refractivity contribution in [3.8, 4) is 0 Å². The number of aryl methyl sites for hydroxylation is 1. The van der Waals surface area contributed by atoms with Crippen LogP contribution in [0.4, 0.5) is 5.13 Å². The molecule has 0 unspecified atom stereocenters. The number of hydrogen-bond acceptors (Lipinski definition) is 3. The molecular weight excluding hydrogens is 363 g/mol. The van der Waals surface area contributed by atoms with Crippen LogP contribution in [-0.4, -0.2) is 10.9 Å². The van der Waals surface area contributed by atoms with Gasteiger partial charge < -0.3 is 0 Å². The van der Waals surface area contributed by atoms with E-state index < -0.39 is 0 Å². The molecule has 1 amide bonds.